The molecule has 1 amide bonds. The molecule has 2 aromatic carbocycles. The molecule has 4 nitrogen and oxygen atoms in total. The summed E-state index contributed by atoms with van der Waals surface area (Å²) < 4.78 is 13.8. The molecule has 0 spiro atoms. The van der Waals surface area contributed by atoms with E-state index in [1.165, 1.54) is 17.7 Å². The third-order valence-electron chi connectivity index (χ3n) is 5.34. The summed E-state index contributed by atoms with van der Waals surface area (Å²) in [5.74, 6) is -0.732. The highest BCUT2D eigenvalue weighted by molar-refractivity contribution is 5.94. The van der Waals surface area contributed by atoms with Crippen LogP contribution in [0.5, 0.6) is 0 Å². The Kier molecular flexibility index (Phi) is 4.27. The number of benzene rings is 2. The van der Waals surface area contributed by atoms with Crippen molar-refractivity contribution in [2.24, 2.45) is 0 Å². The standard InChI is InChI=1S/C20H21FN2O2/c21-17-8-4-3-7-16(17)20(25)23-11-9-22(10-12-23)18-13-14-5-1-2-6-15(14)19(18)24/h1-8,18-19,24H,9-13H2/t18-,19-/m0/s1. The first-order valence-electron chi connectivity index (χ1n) is 8.69. The largest absolute Gasteiger partial charge is 0.387 e. The molecule has 2 atom stereocenters. The van der Waals surface area contributed by atoms with Crippen LogP contribution in [0.3, 0.4) is 0 Å². The molecule has 0 bridgehead atoms. The van der Waals surface area contributed by atoms with Crippen LogP contribution in [0.25, 0.3) is 0 Å². The third kappa shape index (κ3) is 2.94. The van der Waals surface area contributed by atoms with E-state index in [0.29, 0.717) is 26.2 Å². The van der Waals surface area contributed by atoms with Crippen LogP contribution in [0.4, 0.5) is 4.39 Å². The van der Waals surface area contributed by atoms with E-state index >= 15 is 0 Å². The van der Waals surface area contributed by atoms with Crippen molar-refractivity contribution in [1.82, 2.24) is 9.80 Å². The summed E-state index contributed by atoms with van der Waals surface area (Å²) in [7, 11) is 0. The van der Waals surface area contributed by atoms with Crippen molar-refractivity contribution in [2.75, 3.05) is 26.2 Å². The number of carbonyl (C=O) groups is 1. The predicted octanol–water partition coefficient (Wildman–Crippen LogP) is 2.24. The number of amides is 1. The normalized spacial score (nSPS) is 23.5. The minimum absolute atomic E-state index is 0.0584. The first-order chi connectivity index (χ1) is 12.1. The number of fused-ring (bicyclic) bond motifs is 1. The van der Waals surface area contributed by atoms with Crippen molar-refractivity contribution in [3.63, 3.8) is 0 Å². The maximum Gasteiger partial charge on any atom is 0.256 e. The molecular weight excluding hydrogens is 319 g/mol. The van der Waals surface area contributed by atoms with Crippen LogP contribution in [0.1, 0.15) is 27.6 Å². The summed E-state index contributed by atoms with van der Waals surface area (Å²) in [6.45, 7) is 2.48. The van der Waals surface area contributed by atoms with Gasteiger partial charge in [0.25, 0.3) is 5.91 Å². The molecule has 2 aromatic rings. The molecule has 4 rings (SSSR count). The molecule has 0 saturated carbocycles. The fraction of sp³-hybridized carbons (Fsp3) is 0.350. The zero-order chi connectivity index (χ0) is 17.4. The van der Waals surface area contributed by atoms with Crippen molar-refractivity contribution >= 4 is 5.91 Å². The van der Waals surface area contributed by atoms with Crippen molar-refractivity contribution in [3.05, 3.63) is 71.0 Å². The Hall–Kier alpha value is -2.24. The lowest BCUT2D eigenvalue weighted by molar-refractivity contribution is 0.0254. The van der Waals surface area contributed by atoms with Crippen LogP contribution in [-0.2, 0) is 6.42 Å². The van der Waals surface area contributed by atoms with Gasteiger partial charge in [-0.25, -0.2) is 4.39 Å². The number of carbonyl (C=O) groups excluding carboxylic acids is 1. The maximum atomic E-state index is 13.8. The molecule has 1 fully saturated rings. The van der Waals surface area contributed by atoms with Crippen molar-refractivity contribution in [2.45, 2.75) is 18.6 Å². The van der Waals surface area contributed by atoms with Gasteiger partial charge in [0.1, 0.15) is 5.82 Å². The van der Waals surface area contributed by atoms with Crippen LogP contribution in [-0.4, -0.2) is 53.0 Å². The van der Waals surface area contributed by atoms with Crippen LogP contribution >= 0.6 is 0 Å². The summed E-state index contributed by atoms with van der Waals surface area (Å²) in [6.07, 6.45) is 0.350. The van der Waals surface area contributed by atoms with E-state index in [0.717, 1.165) is 12.0 Å². The molecular formula is C20H21FN2O2. The summed E-state index contributed by atoms with van der Waals surface area (Å²) in [5, 5.41) is 10.6. The van der Waals surface area contributed by atoms with E-state index in [-0.39, 0.29) is 17.5 Å². The fourth-order valence-electron chi connectivity index (χ4n) is 3.94. The minimum Gasteiger partial charge on any atom is -0.387 e. The molecule has 130 valence electrons. The Morgan fingerprint density at radius 1 is 1.00 bits per heavy atom. The van der Waals surface area contributed by atoms with Gasteiger partial charge in [0.05, 0.1) is 11.7 Å². The van der Waals surface area contributed by atoms with Crippen molar-refractivity contribution < 1.29 is 14.3 Å². The molecule has 1 aliphatic carbocycles. The molecule has 1 saturated heterocycles. The maximum absolute atomic E-state index is 13.8. The number of halogens is 1. The minimum atomic E-state index is -0.481. The molecule has 0 unspecified atom stereocenters. The van der Waals surface area contributed by atoms with Crippen LogP contribution in [0.15, 0.2) is 48.5 Å². The van der Waals surface area contributed by atoms with Gasteiger partial charge in [-0.2, -0.15) is 0 Å². The SMILES string of the molecule is O=C(c1ccccc1F)N1CCN([C@H]2Cc3ccccc3[C@@H]2O)CC1. The number of hydrogen-bond acceptors (Lipinski definition) is 3. The Labute approximate surface area is 146 Å². The first-order valence-corrected chi connectivity index (χ1v) is 8.69. The van der Waals surface area contributed by atoms with Gasteiger partial charge in [-0.15, -0.1) is 0 Å². The summed E-state index contributed by atoms with van der Waals surface area (Å²) in [4.78, 5) is 16.5. The van der Waals surface area contributed by atoms with Crippen LogP contribution < -0.4 is 0 Å². The summed E-state index contributed by atoms with van der Waals surface area (Å²) >= 11 is 0. The highest BCUT2D eigenvalue weighted by Gasteiger charge is 2.36. The smallest absolute Gasteiger partial charge is 0.256 e. The summed E-state index contributed by atoms with van der Waals surface area (Å²) in [6, 6.07) is 14.2. The zero-order valence-electron chi connectivity index (χ0n) is 13.9. The second kappa shape index (κ2) is 6.58. The zero-order valence-corrected chi connectivity index (χ0v) is 13.9. The first kappa shape index (κ1) is 16.2. The number of hydrogen-bond donors (Lipinski definition) is 1. The second-order valence-electron chi connectivity index (χ2n) is 6.72. The molecule has 0 aromatic heterocycles. The van der Waals surface area contributed by atoms with E-state index in [1.54, 1.807) is 17.0 Å². The summed E-state index contributed by atoms with van der Waals surface area (Å²) in [5.41, 5.74) is 2.34. The van der Waals surface area contributed by atoms with E-state index in [1.807, 2.05) is 18.2 Å². The Morgan fingerprint density at radius 2 is 1.68 bits per heavy atom. The van der Waals surface area contributed by atoms with E-state index in [9.17, 15) is 14.3 Å². The number of nitrogens with zero attached hydrogens (tertiary/aromatic N) is 2. The topological polar surface area (TPSA) is 43.8 Å². The molecule has 0 radical (unpaired) electrons. The number of aliphatic hydroxyl groups excluding tert-OH is 1. The average molecular weight is 340 g/mol. The molecule has 1 aliphatic heterocycles. The van der Waals surface area contributed by atoms with Gasteiger partial charge in [0.2, 0.25) is 0 Å². The second-order valence-corrected chi connectivity index (χ2v) is 6.72. The van der Waals surface area contributed by atoms with Gasteiger partial charge in [-0.05, 0) is 29.7 Å². The molecule has 1 N–H and O–H groups in total. The lowest BCUT2D eigenvalue weighted by Crippen LogP contribution is -2.53. The number of aliphatic hydroxyl groups is 1. The highest BCUT2D eigenvalue weighted by Crippen LogP contribution is 2.34. The van der Waals surface area contributed by atoms with E-state index in [4.69, 9.17) is 0 Å². The molecule has 1 heterocycles. The Balaban J connectivity index is 1.41. The van der Waals surface area contributed by atoms with E-state index < -0.39 is 11.9 Å². The molecule has 2 aliphatic rings. The van der Waals surface area contributed by atoms with Gasteiger partial charge in [0.15, 0.2) is 0 Å². The van der Waals surface area contributed by atoms with Crippen molar-refractivity contribution in [3.8, 4) is 0 Å². The average Bonchev–Trinajstić information content (AvgIpc) is 2.99. The third-order valence-corrected chi connectivity index (χ3v) is 5.34. The molecule has 5 heteroatoms. The van der Waals surface area contributed by atoms with Crippen LogP contribution in [0, 0.1) is 5.82 Å². The van der Waals surface area contributed by atoms with Gasteiger partial charge >= 0.3 is 0 Å². The van der Waals surface area contributed by atoms with Gasteiger partial charge < -0.3 is 10.0 Å². The quantitative estimate of drug-likeness (QED) is 0.912. The Bertz CT molecular complexity index is 787. The monoisotopic (exact) mass is 340 g/mol. The van der Waals surface area contributed by atoms with Gasteiger partial charge in [-0.1, -0.05) is 36.4 Å². The fourth-order valence-corrected chi connectivity index (χ4v) is 3.94. The lowest BCUT2D eigenvalue weighted by atomic mass is 10.1. The molecule has 25 heavy (non-hydrogen) atoms. The number of piperazine rings is 1. The highest BCUT2D eigenvalue weighted by atomic mass is 19.1. The van der Waals surface area contributed by atoms with Crippen LogP contribution in [0.2, 0.25) is 0 Å². The predicted molar refractivity (Wildman–Crippen MR) is 92.8 cm³/mol. The van der Waals surface area contributed by atoms with E-state index in [2.05, 4.69) is 11.0 Å². The van der Waals surface area contributed by atoms with Gasteiger partial charge in [0, 0.05) is 32.2 Å². The Morgan fingerprint density at radius 3 is 2.40 bits per heavy atom. The number of rotatable bonds is 2. The van der Waals surface area contributed by atoms with Gasteiger partial charge in [-0.3, -0.25) is 9.69 Å². The van der Waals surface area contributed by atoms with Crippen molar-refractivity contribution in [1.29, 1.82) is 0 Å². The lowest BCUT2D eigenvalue weighted by Gasteiger charge is -2.39.